The topological polar surface area (TPSA) is 9.23 Å². The second-order valence-corrected chi connectivity index (χ2v) is 2.64. The number of hydrogen-bond donors (Lipinski definition) is 0. The standard InChI is InChI=1S/C7H4BF6O.K/c9-4-1-2-6(15-7(10)11)5(3-4)8(12,13)14;/h1-3,7H;/q-1;+1. The van der Waals surface area contributed by atoms with Crippen LogP contribution in [0.25, 0.3) is 0 Å². The summed E-state index contributed by atoms with van der Waals surface area (Å²) in [5.41, 5.74) is -1.50. The second kappa shape index (κ2) is 6.29. The van der Waals surface area contributed by atoms with Gasteiger partial charge in [0.2, 0.25) is 0 Å². The molecule has 1 aromatic rings. The Kier molecular flexibility index (Phi) is 6.41. The molecule has 1 aromatic carbocycles. The molecule has 0 unspecified atom stereocenters. The molecule has 16 heavy (non-hydrogen) atoms. The summed E-state index contributed by atoms with van der Waals surface area (Å²) in [6.07, 6.45) is 0. The molecule has 0 aliphatic heterocycles. The smallest absolute Gasteiger partial charge is 0.445 e. The molecule has 1 rings (SSSR count). The van der Waals surface area contributed by atoms with E-state index in [1.165, 1.54) is 0 Å². The van der Waals surface area contributed by atoms with Crippen molar-refractivity contribution in [3.8, 4) is 5.75 Å². The van der Waals surface area contributed by atoms with Crippen LogP contribution in [-0.4, -0.2) is 13.6 Å². The zero-order valence-corrected chi connectivity index (χ0v) is 11.2. The fourth-order valence-corrected chi connectivity index (χ4v) is 0.978. The molecule has 0 aliphatic carbocycles. The van der Waals surface area contributed by atoms with Gasteiger partial charge in [0, 0.05) is 0 Å². The van der Waals surface area contributed by atoms with Crippen LogP contribution in [0.15, 0.2) is 18.2 Å². The predicted octanol–water partition coefficient (Wildman–Crippen LogP) is -0.515. The summed E-state index contributed by atoms with van der Waals surface area (Å²) in [5, 5.41) is 0. The van der Waals surface area contributed by atoms with Crippen molar-refractivity contribution in [2.75, 3.05) is 0 Å². The van der Waals surface area contributed by atoms with Gasteiger partial charge in [-0.05, 0) is 18.2 Å². The first-order valence-corrected chi connectivity index (χ1v) is 3.75. The summed E-state index contributed by atoms with van der Waals surface area (Å²) in [6, 6.07) is 1.26. The summed E-state index contributed by atoms with van der Waals surface area (Å²) >= 11 is 0. The first-order valence-electron chi connectivity index (χ1n) is 3.75. The van der Waals surface area contributed by atoms with Crippen LogP contribution in [0.5, 0.6) is 5.75 Å². The van der Waals surface area contributed by atoms with E-state index in [9.17, 15) is 26.1 Å². The monoisotopic (exact) mass is 268 g/mol. The van der Waals surface area contributed by atoms with E-state index in [1.54, 1.807) is 0 Å². The van der Waals surface area contributed by atoms with Crippen LogP contribution in [0, 0.1) is 5.82 Å². The number of halogens is 6. The summed E-state index contributed by atoms with van der Waals surface area (Å²) in [4.78, 5) is 0. The Labute approximate surface area is 130 Å². The van der Waals surface area contributed by atoms with Crippen LogP contribution in [0.1, 0.15) is 0 Å². The van der Waals surface area contributed by atoms with Gasteiger partial charge in [0.15, 0.2) is 0 Å². The van der Waals surface area contributed by atoms with Gasteiger partial charge in [-0.25, -0.2) is 4.39 Å². The zero-order chi connectivity index (χ0) is 11.6. The molecule has 0 amide bonds. The van der Waals surface area contributed by atoms with Gasteiger partial charge >= 0.3 is 65.0 Å². The third-order valence-corrected chi connectivity index (χ3v) is 1.54. The maximum absolute atomic E-state index is 12.5. The molecule has 0 fully saturated rings. The molecule has 0 aromatic heterocycles. The first-order chi connectivity index (χ1) is 6.80. The average Bonchev–Trinajstić information content (AvgIpc) is 2.05. The largest absolute Gasteiger partial charge is 1.00 e. The minimum atomic E-state index is -5.58. The zero-order valence-electron chi connectivity index (χ0n) is 8.06. The van der Waals surface area contributed by atoms with E-state index in [-0.39, 0.29) is 57.5 Å². The molecule has 1 nitrogen and oxygen atoms in total. The molecule has 0 heterocycles. The number of ether oxygens (including phenoxy) is 1. The fraction of sp³-hybridized carbons (Fsp3) is 0.143. The Morgan fingerprint density at radius 3 is 2.12 bits per heavy atom. The number of rotatable bonds is 3. The van der Waals surface area contributed by atoms with Gasteiger partial charge in [0.05, 0.1) is 5.75 Å². The molecular weight excluding hydrogens is 264 g/mol. The maximum atomic E-state index is 12.5. The molecule has 0 spiro atoms. The molecular formula is C7H4BF6KO. The van der Waals surface area contributed by atoms with Crippen molar-refractivity contribution >= 4 is 12.4 Å². The quantitative estimate of drug-likeness (QED) is 0.530. The summed E-state index contributed by atoms with van der Waals surface area (Å²) in [5.74, 6) is -2.23. The SMILES string of the molecule is Fc1ccc(OC(F)F)c([B-](F)(F)F)c1.[K+]. The molecule has 0 atom stereocenters. The summed E-state index contributed by atoms with van der Waals surface area (Å²) < 4.78 is 76.3. The number of alkyl halides is 2. The fourth-order valence-electron chi connectivity index (χ4n) is 0.978. The van der Waals surface area contributed by atoms with Crippen molar-refractivity contribution in [2.45, 2.75) is 6.61 Å². The van der Waals surface area contributed by atoms with Crippen LogP contribution in [0.2, 0.25) is 0 Å². The molecule has 0 aliphatic rings. The van der Waals surface area contributed by atoms with Gasteiger partial charge in [0.25, 0.3) is 0 Å². The van der Waals surface area contributed by atoms with Gasteiger partial charge in [-0.2, -0.15) is 8.78 Å². The third-order valence-electron chi connectivity index (χ3n) is 1.54. The molecule has 0 radical (unpaired) electrons. The van der Waals surface area contributed by atoms with E-state index in [0.717, 1.165) is 0 Å². The number of hydrogen-bond acceptors (Lipinski definition) is 1. The first kappa shape index (κ1) is 16.3. The van der Waals surface area contributed by atoms with Gasteiger partial charge in [-0.1, -0.05) is 5.46 Å². The minimum Gasteiger partial charge on any atom is -0.445 e. The van der Waals surface area contributed by atoms with Crippen molar-refractivity contribution in [1.29, 1.82) is 0 Å². The Morgan fingerprint density at radius 2 is 1.69 bits per heavy atom. The van der Waals surface area contributed by atoms with Gasteiger partial charge in [-0.3, -0.25) is 0 Å². The Hall–Kier alpha value is 0.301. The van der Waals surface area contributed by atoms with Crippen LogP contribution >= 0.6 is 0 Å². The Bertz CT molecular complexity index is 355. The van der Waals surface area contributed by atoms with Gasteiger partial charge in [0.1, 0.15) is 5.82 Å². The third kappa shape index (κ3) is 4.66. The normalized spacial score (nSPS) is 11.2. The van der Waals surface area contributed by atoms with E-state index >= 15 is 0 Å². The molecule has 84 valence electrons. The van der Waals surface area contributed by atoms with E-state index < -0.39 is 30.6 Å². The van der Waals surface area contributed by atoms with Crippen molar-refractivity contribution in [3.63, 3.8) is 0 Å². The maximum Gasteiger partial charge on any atom is 1.00 e. The summed E-state index contributed by atoms with van der Waals surface area (Å²) in [7, 11) is 0. The molecule has 0 bridgehead atoms. The van der Waals surface area contributed by atoms with Gasteiger partial charge in [-0.15, -0.1) is 0 Å². The number of benzene rings is 1. The molecule has 0 N–H and O–H groups in total. The van der Waals surface area contributed by atoms with Crippen LogP contribution in [-0.2, 0) is 0 Å². The van der Waals surface area contributed by atoms with E-state index in [2.05, 4.69) is 4.74 Å². The van der Waals surface area contributed by atoms with E-state index in [0.29, 0.717) is 12.1 Å². The van der Waals surface area contributed by atoms with E-state index in [1.807, 2.05) is 0 Å². The van der Waals surface area contributed by atoms with Crippen molar-refractivity contribution in [3.05, 3.63) is 24.0 Å². The minimum absolute atomic E-state index is 0. The van der Waals surface area contributed by atoms with Crippen LogP contribution in [0.4, 0.5) is 26.1 Å². The van der Waals surface area contributed by atoms with E-state index in [4.69, 9.17) is 0 Å². The van der Waals surface area contributed by atoms with Crippen molar-refractivity contribution in [2.24, 2.45) is 0 Å². The molecule has 9 heteroatoms. The summed E-state index contributed by atoms with van der Waals surface area (Å²) in [6.45, 7) is -8.97. The van der Waals surface area contributed by atoms with Crippen LogP contribution < -0.4 is 61.6 Å². The second-order valence-electron chi connectivity index (χ2n) is 2.64. The molecule has 0 saturated carbocycles. The van der Waals surface area contributed by atoms with Crippen molar-refractivity contribution < 1.29 is 82.2 Å². The predicted molar refractivity (Wildman–Crippen MR) is 41.7 cm³/mol. The Balaban J connectivity index is 0.00000225. The molecule has 0 saturated heterocycles. The Morgan fingerprint density at radius 1 is 1.12 bits per heavy atom. The van der Waals surface area contributed by atoms with Crippen molar-refractivity contribution in [1.82, 2.24) is 0 Å². The average molecular weight is 268 g/mol. The van der Waals surface area contributed by atoms with Gasteiger partial charge < -0.3 is 17.7 Å². The van der Waals surface area contributed by atoms with Crippen LogP contribution in [0.3, 0.4) is 0 Å².